The number of aromatic carboxylic acids is 1. The summed E-state index contributed by atoms with van der Waals surface area (Å²) >= 11 is 0. The number of carboxylic acid groups (broad SMARTS) is 1. The van der Waals surface area contributed by atoms with Crippen molar-refractivity contribution in [1.82, 2.24) is 10.2 Å². The highest BCUT2D eigenvalue weighted by molar-refractivity contribution is 7.92. The van der Waals surface area contributed by atoms with Crippen LogP contribution in [0.3, 0.4) is 0 Å². The Labute approximate surface area is 160 Å². The van der Waals surface area contributed by atoms with E-state index in [0.717, 1.165) is 10.9 Å². The Morgan fingerprint density at radius 3 is 2.50 bits per heavy atom. The zero-order chi connectivity index (χ0) is 19.7. The van der Waals surface area contributed by atoms with E-state index in [1.165, 1.54) is 18.2 Å². The Morgan fingerprint density at radius 1 is 1.00 bits per heavy atom. The second kappa shape index (κ2) is 6.82. The van der Waals surface area contributed by atoms with Crippen molar-refractivity contribution in [3.63, 3.8) is 0 Å². The van der Waals surface area contributed by atoms with Crippen LogP contribution in [-0.2, 0) is 10.0 Å². The molecule has 0 aliphatic rings. The van der Waals surface area contributed by atoms with Gasteiger partial charge in [0.1, 0.15) is 0 Å². The fourth-order valence-electron chi connectivity index (χ4n) is 2.96. The molecule has 0 amide bonds. The molecule has 28 heavy (non-hydrogen) atoms. The number of fused-ring (bicyclic) bond motifs is 1. The molecule has 0 atom stereocenters. The average Bonchev–Trinajstić information content (AvgIpc) is 3.15. The van der Waals surface area contributed by atoms with Gasteiger partial charge in [0.15, 0.2) is 0 Å². The fourth-order valence-corrected chi connectivity index (χ4v) is 4.00. The first-order valence-electron chi connectivity index (χ1n) is 8.33. The van der Waals surface area contributed by atoms with Crippen molar-refractivity contribution >= 4 is 32.6 Å². The molecule has 0 unspecified atom stereocenters. The van der Waals surface area contributed by atoms with E-state index >= 15 is 0 Å². The fraction of sp³-hybridized carbons (Fsp3) is 0. The summed E-state index contributed by atoms with van der Waals surface area (Å²) in [6.45, 7) is 0. The highest BCUT2D eigenvalue weighted by atomic mass is 32.2. The molecule has 0 saturated heterocycles. The lowest BCUT2D eigenvalue weighted by Crippen LogP contribution is -2.12. The van der Waals surface area contributed by atoms with Crippen molar-refractivity contribution in [1.29, 1.82) is 0 Å². The molecule has 0 aliphatic heterocycles. The van der Waals surface area contributed by atoms with Gasteiger partial charge in [0.2, 0.25) is 0 Å². The number of benzene rings is 3. The molecule has 0 bridgehead atoms. The van der Waals surface area contributed by atoms with Crippen LogP contribution in [0.1, 0.15) is 10.4 Å². The summed E-state index contributed by atoms with van der Waals surface area (Å²) in [4.78, 5) is 11.5. The van der Waals surface area contributed by atoms with Gasteiger partial charge >= 0.3 is 5.97 Å². The normalized spacial score (nSPS) is 11.4. The molecule has 140 valence electrons. The van der Waals surface area contributed by atoms with E-state index in [2.05, 4.69) is 14.9 Å². The summed E-state index contributed by atoms with van der Waals surface area (Å²) in [7, 11) is -3.79. The van der Waals surface area contributed by atoms with Crippen LogP contribution >= 0.6 is 0 Å². The van der Waals surface area contributed by atoms with Gasteiger partial charge in [-0.25, -0.2) is 13.2 Å². The lowest BCUT2D eigenvalue weighted by atomic mass is 10.00. The van der Waals surface area contributed by atoms with Crippen molar-refractivity contribution in [3.8, 4) is 11.1 Å². The molecular formula is C20H15N3O4S. The Balaban J connectivity index is 1.63. The molecular weight excluding hydrogens is 378 g/mol. The summed E-state index contributed by atoms with van der Waals surface area (Å²) in [5, 5.41) is 16.8. The van der Waals surface area contributed by atoms with Gasteiger partial charge in [-0.2, -0.15) is 5.10 Å². The predicted molar refractivity (Wildman–Crippen MR) is 106 cm³/mol. The second-order valence-corrected chi connectivity index (χ2v) is 7.84. The van der Waals surface area contributed by atoms with E-state index in [4.69, 9.17) is 0 Å². The first-order chi connectivity index (χ1) is 13.4. The van der Waals surface area contributed by atoms with Crippen LogP contribution in [0.15, 0.2) is 77.8 Å². The minimum Gasteiger partial charge on any atom is -0.478 e. The number of aromatic nitrogens is 2. The highest BCUT2D eigenvalue weighted by Gasteiger charge is 2.16. The number of anilines is 1. The molecule has 4 rings (SSSR count). The standard InChI is InChI=1S/C20H15N3O4S/c24-20(25)18-4-2-1-3-17(18)13-5-8-16(9-6-13)28(26,27)23-15-7-10-19-14(11-15)12-21-22-19/h1-12,23H,(H,21,22)(H,24,25). The Kier molecular flexibility index (Phi) is 4.32. The van der Waals surface area contributed by atoms with Gasteiger partial charge in [0, 0.05) is 11.1 Å². The maximum absolute atomic E-state index is 12.7. The number of hydrogen-bond donors (Lipinski definition) is 3. The molecule has 0 radical (unpaired) electrons. The third-order valence-electron chi connectivity index (χ3n) is 4.33. The summed E-state index contributed by atoms with van der Waals surface area (Å²) in [6.07, 6.45) is 1.61. The molecule has 0 spiro atoms. The SMILES string of the molecule is O=C(O)c1ccccc1-c1ccc(S(=O)(=O)Nc2ccc3[nH]ncc3c2)cc1. The number of rotatable bonds is 5. The number of aromatic amines is 1. The summed E-state index contributed by atoms with van der Waals surface area (Å²) in [6, 6.07) is 17.7. The molecule has 1 heterocycles. The summed E-state index contributed by atoms with van der Waals surface area (Å²) < 4.78 is 27.9. The summed E-state index contributed by atoms with van der Waals surface area (Å²) in [5.41, 5.74) is 2.54. The van der Waals surface area contributed by atoms with Crippen molar-refractivity contribution in [2.45, 2.75) is 4.90 Å². The monoisotopic (exact) mass is 393 g/mol. The summed E-state index contributed by atoms with van der Waals surface area (Å²) in [5.74, 6) is -1.04. The maximum atomic E-state index is 12.7. The number of H-pyrrole nitrogens is 1. The largest absolute Gasteiger partial charge is 0.478 e. The van der Waals surface area contributed by atoms with E-state index in [9.17, 15) is 18.3 Å². The molecule has 0 saturated carbocycles. The van der Waals surface area contributed by atoms with Crippen LogP contribution in [0.25, 0.3) is 22.0 Å². The number of nitrogens with one attached hydrogen (secondary N) is 2. The second-order valence-electron chi connectivity index (χ2n) is 6.15. The van der Waals surface area contributed by atoms with Crippen LogP contribution in [0, 0.1) is 0 Å². The van der Waals surface area contributed by atoms with E-state index in [0.29, 0.717) is 16.8 Å². The highest BCUT2D eigenvalue weighted by Crippen LogP contribution is 2.26. The van der Waals surface area contributed by atoms with Crippen molar-refractivity contribution in [2.24, 2.45) is 0 Å². The predicted octanol–water partition coefficient (Wildman–Crippen LogP) is 3.73. The van der Waals surface area contributed by atoms with E-state index in [1.54, 1.807) is 54.7 Å². The van der Waals surface area contributed by atoms with Gasteiger partial charge in [-0.05, 0) is 47.5 Å². The van der Waals surface area contributed by atoms with Crippen LogP contribution in [-0.4, -0.2) is 29.7 Å². The topological polar surface area (TPSA) is 112 Å². The minimum absolute atomic E-state index is 0.0800. The zero-order valence-corrected chi connectivity index (χ0v) is 15.3. The zero-order valence-electron chi connectivity index (χ0n) is 14.5. The first-order valence-corrected chi connectivity index (χ1v) is 9.81. The van der Waals surface area contributed by atoms with Gasteiger partial charge in [-0.1, -0.05) is 30.3 Å². The third-order valence-corrected chi connectivity index (χ3v) is 5.72. The van der Waals surface area contributed by atoms with Crippen LogP contribution in [0.5, 0.6) is 0 Å². The molecule has 3 N–H and O–H groups in total. The lowest BCUT2D eigenvalue weighted by Gasteiger charge is -2.10. The van der Waals surface area contributed by atoms with Gasteiger partial charge < -0.3 is 5.11 Å². The van der Waals surface area contributed by atoms with Gasteiger partial charge in [-0.15, -0.1) is 0 Å². The van der Waals surface area contributed by atoms with E-state index in [1.807, 2.05) is 0 Å². The Bertz CT molecular complexity index is 1280. The average molecular weight is 393 g/mol. The Morgan fingerprint density at radius 2 is 1.75 bits per heavy atom. The number of hydrogen-bond acceptors (Lipinski definition) is 4. The van der Waals surface area contributed by atoms with Crippen LogP contribution in [0.4, 0.5) is 5.69 Å². The number of nitrogens with zero attached hydrogens (tertiary/aromatic N) is 1. The quantitative estimate of drug-likeness (QED) is 0.478. The van der Waals surface area contributed by atoms with Crippen LogP contribution in [0.2, 0.25) is 0 Å². The first kappa shape index (κ1) is 17.7. The third kappa shape index (κ3) is 3.33. The maximum Gasteiger partial charge on any atom is 0.336 e. The molecule has 1 aromatic heterocycles. The van der Waals surface area contributed by atoms with Crippen molar-refractivity contribution in [2.75, 3.05) is 4.72 Å². The van der Waals surface area contributed by atoms with Crippen molar-refractivity contribution in [3.05, 3.63) is 78.5 Å². The number of carbonyl (C=O) groups is 1. The van der Waals surface area contributed by atoms with Crippen molar-refractivity contribution < 1.29 is 18.3 Å². The van der Waals surface area contributed by atoms with Crippen LogP contribution < -0.4 is 4.72 Å². The van der Waals surface area contributed by atoms with E-state index < -0.39 is 16.0 Å². The minimum atomic E-state index is -3.79. The Hall–Kier alpha value is -3.65. The lowest BCUT2D eigenvalue weighted by molar-refractivity contribution is 0.0697. The number of carboxylic acids is 1. The molecule has 0 aliphatic carbocycles. The smallest absolute Gasteiger partial charge is 0.336 e. The molecule has 8 heteroatoms. The van der Waals surface area contributed by atoms with Gasteiger partial charge in [0.25, 0.3) is 10.0 Å². The number of sulfonamides is 1. The molecule has 3 aromatic carbocycles. The molecule has 0 fully saturated rings. The molecule has 7 nitrogen and oxygen atoms in total. The molecule has 4 aromatic rings. The van der Waals surface area contributed by atoms with E-state index in [-0.39, 0.29) is 10.5 Å². The van der Waals surface area contributed by atoms with Gasteiger partial charge in [-0.3, -0.25) is 9.82 Å². The van der Waals surface area contributed by atoms with Gasteiger partial charge in [0.05, 0.1) is 22.2 Å².